The largest absolute Gasteiger partial charge is 0.451 e. The van der Waals surface area contributed by atoms with Gasteiger partial charge >= 0.3 is 0 Å². The molecule has 0 bridgehead atoms. The molecule has 4 heteroatoms. The number of nitrogens with one attached hydrogen (secondary N) is 1. The van der Waals surface area contributed by atoms with E-state index < -0.39 is 0 Å². The van der Waals surface area contributed by atoms with Crippen molar-refractivity contribution in [1.29, 1.82) is 5.26 Å². The van der Waals surface area contributed by atoms with E-state index in [9.17, 15) is 4.79 Å². The minimum absolute atomic E-state index is 0.109. The molecular weight excluding hydrogens is 252 g/mol. The lowest BCUT2D eigenvalue weighted by molar-refractivity contribution is 0.0912. The molecule has 1 N–H and O–H groups in total. The van der Waals surface area contributed by atoms with Gasteiger partial charge in [0.15, 0.2) is 5.76 Å². The van der Waals surface area contributed by atoms with Gasteiger partial charge in [-0.25, -0.2) is 0 Å². The molecular formula is C16H16N2O2. The number of amides is 1. The van der Waals surface area contributed by atoms with Crippen molar-refractivity contribution < 1.29 is 9.21 Å². The van der Waals surface area contributed by atoms with Crippen LogP contribution in [0.2, 0.25) is 0 Å². The summed E-state index contributed by atoms with van der Waals surface area (Å²) in [5.74, 6) is 0.640. The summed E-state index contributed by atoms with van der Waals surface area (Å²) < 4.78 is 5.55. The predicted octanol–water partition coefficient (Wildman–Crippen LogP) is 3.35. The van der Waals surface area contributed by atoms with Crippen LogP contribution in [-0.2, 0) is 0 Å². The van der Waals surface area contributed by atoms with Crippen LogP contribution >= 0.6 is 0 Å². The molecule has 1 amide bonds. The number of hydrogen-bond donors (Lipinski definition) is 1. The molecule has 0 aliphatic rings. The monoisotopic (exact) mass is 268 g/mol. The maximum atomic E-state index is 11.9. The average Bonchev–Trinajstić information content (AvgIpc) is 2.97. The Balaban J connectivity index is 2.20. The second-order valence-electron chi connectivity index (χ2n) is 4.64. The highest BCUT2D eigenvalue weighted by atomic mass is 16.3. The van der Waals surface area contributed by atoms with Crippen LogP contribution in [0.3, 0.4) is 0 Å². The first kappa shape index (κ1) is 13.9. The van der Waals surface area contributed by atoms with Crippen LogP contribution in [0.1, 0.15) is 36.4 Å². The lowest BCUT2D eigenvalue weighted by atomic mass is 10.1. The molecule has 0 saturated carbocycles. The molecule has 1 heterocycles. The molecule has 0 aliphatic carbocycles. The summed E-state index contributed by atoms with van der Waals surface area (Å²) in [6.07, 6.45) is 0.865. The van der Waals surface area contributed by atoms with Gasteiger partial charge in [-0.05, 0) is 37.6 Å². The molecule has 20 heavy (non-hydrogen) atoms. The van der Waals surface area contributed by atoms with E-state index in [1.54, 1.807) is 30.3 Å². The number of carbonyl (C=O) groups is 1. The van der Waals surface area contributed by atoms with Gasteiger partial charge in [-0.3, -0.25) is 4.79 Å². The molecule has 2 aromatic rings. The number of furan rings is 1. The molecule has 1 unspecified atom stereocenters. The highest BCUT2D eigenvalue weighted by Gasteiger charge is 2.13. The molecule has 1 aromatic carbocycles. The average molecular weight is 268 g/mol. The topological polar surface area (TPSA) is 66.0 Å². The Morgan fingerprint density at radius 1 is 1.40 bits per heavy atom. The molecule has 1 aromatic heterocycles. The van der Waals surface area contributed by atoms with Crippen LogP contribution in [0.5, 0.6) is 0 Å². The fourth-order valence-electron chi connectivity index (χ4n) is 1.75. The van der Waals surface area contributed by atoms with E-state index in [2.05, 4.69) is 11.4 Å². The van der Waals surface area contributed by atoms with Crippen molar-refractivity contribution in [3.05, 3.63) is 47.7 Å². The Hall–Kier alpha value is -2.54. The fourth-order valence-corrected chi connectivity index (χ4v) is 1.75. The van der Waals surface area contributed by atoms with Crippen LogP contribution in [0.4, 0.5) is 0 Å². The molecule has 0 spiro atoms. The molecule has 0 saturated heterocycles. The third-order valence-electron chi connectivity index (χ3n) is 3.10. The maximum absolute atomic E-state index is 11.9. The minimum atomic E-state index is -0.220. The Labute approximate surface area is 118 Å². The second-order valence-corrected chi connectivity index (χ2v) is 4.64. The summed E-state index contributed by atoms with van der Waals surface area (Å²) in [5, 5.41) is 11.7. The Morgan fingerprint density at radius 2 is 2.20 bits per heavy atom. The van der Waals surface area contributed by atoms with Crippen LogP contribution in [-0.4, -0.2) is 11.9 Å². The Bertz CT molecular complexity index is 652. The summed E-state index contributed by atoms with van der Waals surface area (Å²) in [5.41, 5.74) is 1.34. The number of nitrogens with zero attached hydrogens (tertiary/aromatic N) is 1. The van der Waals surface area contributed by atoms with Gasteiger partial charge in [0.2, 0.25) is 0 Å². The maximum Gasteiger partial charge on any atom is 0.287 e. The number of hydrogen-bond acceptors (Lipinski definition) is 3. The molecule has 4 nitrogen and oxygen atoms in total. The van der Waals surface area contributed by atoms with Crippen molar-refractivity contribution in [2.75, 3.05) is 0 Å². The van der Waals surface area contributed by atoms with Crippen LogP contribution in [0.15, 0.2) is 40.8 Å². The highest BCUT2D eigenvalue weighted by molar-refractivity contribution is 5.92. The third-order valence-corrected chi connectivity index (χ3v) is 3.10. The van der Waals surface area contributed by atoms with Crippen LogP contribution < -0.4 is 5.32 Å². The van der Waals surface area contributed by atoms with E-state index in [0.29, 0.717) is 11.3 Å². The Morgan fingerprint density at radius 3 is 2.90 bits per heavy atom. The fraction of sp³-hybridized carbons (Fsp3) is 0.250. The standard InChI is InChI=1S/C16H16N2O2/c1-3-11(2)18-16(19)15-8-7-14(20-15)13-6-4-5-12(9-13)10-17/h4-9,11H,3H2,1-2H3,(H,18,19). The van der Waals surface area contributed by atoms with Gasteiger partial charge in [-0.15, -0.1) is 0 Å². The zero-order valence-electron chi connectivity index (χ0n) is 11.5. The van der Waals surface area contributed by atoms with E-state index >= 15 is 0 Å². The third kappa shape index (κ3) is 3.07. The van der Waals surface area contributed by atoms with E-state index in [-0.39, 0.29) is 17.7 Å². The number of nitriles is 1. The SMILES string of the molecule is CCC(C)NC(=O)c1ccc(-c2cccc(C#N)c2)o1. The molecule has 0 aliphatic heterocycles. The van der Waals surface area contributed by atoms with E-state index in [1.807, 2.05) is 19.9 Å². The van der Waals surface area contributed by atoms with Crippen molar-refractivity contribution in [2.45, 2.75) is 26.3 Å². The lowest BCUT2D eigenvalue weighted by Gasteiger charge is -2.09. The normalized spacial score (nSPS) is 11.7. The predicted molar refractivity (Wildman–Crippen MR) is 76.1 cm³/mol. The van der Waals surface area contributed by atoms with E-state index in [0.717, 1.165) is 12.0 Å². The van der Waals surface area contributed by atoms with Gasteiger partial charge in [-0.1, -0.05) is 19.1 Å². The quantitative estimate of drug-likeness (QED) is 0.924. The lowest BCUT2D eigenvalue weighted by Crippen LogP contribution is -2.31. The number of benzene rings is 1. The first-order valence-electron chi connectivity index (χ1n) is 6.55. The van der Waals surface area contributed by atoms with Crippen molar-refractivity contribution in [2.24, 2.45) is 0 Å². The summed E-state index contributed by atoms with van der Waals surface area (Å²) >= 11 is 0. The van der Waals surface area contributed by atoms with E-state index in [1.165, 1.54) is 0 Å². The van der Waals surface area contributed by atoms with Crippen LogP contribution in [0, 0.1) is 11.3 Å². The zero-order chi connectivity index (χ0) is 14.5. The summed E-state index contributed by atoms with van der Waals surface area (Å²) in [4.78, 5) is 11.9. The summed E-state index contributed by atoms with van der Waals surface area (Å²) in [6, 6.07) is 12.7. The molecule has 0 radical (unpaired) electrons. The van der Waals surface area contributed by atoms with E-state index in [4.69, 9.17) is 9.68 Å². The first-order chi connectivity index (χ1) is 9.63. The zero-order valence-corrected chi connectivity index (χ0v) is 11.5. The highest BCUT2D eigenvalue weighted by Crippen LogP contribution is 2.23. The first-order valence-corrected chi connectivity index (χ1v) is 6.55. The van der Waals surface area contributed by atoms with Crippen molar-refractivity contribution in [3.8, 4) is 17.4 Å². The molecule has 1 atom stereocenters. The van der Waals surface area contributed by atoms with Gasteiger partial charge in [0.1, 0.15) is 5.76 Å². The van der Waals surface area contributed by atoms with Gasteiger partial charge in [-0.2, -0.15) is 5.26 Å². The van der Waals surface area contributed by atoms with Gasteiger partial charge in [0.25, 0.3) is 5.91 Å². The van der Waals surface area contributed by atoms with Crippen molar-refractivity contribution in [1.82, 2.24) is 5.32 Å². The van der Waals surface area contributed by atoms with Crippen molar-refractivity contribution >= 4 is 5.91 Å². The van der Waals surface area contributed by atoms with Gasteiger partial charge < -0.3 is 9.73 Å². The van der Waals surface area contributed by atoms with Crippen LogP contribution in [0.25, 0.3) is 11.3 Å². The summed E-state index contributed by atoms with van der Waals surface area (Å²) in [6.45, 7) is 3.95. The number of carbonyl (C=O) groups excluding carboxylic acids is 1. The molecule has 0 fully saturated rings. The van der Waals surface area contributed by atoms with Gasteiger partial charge in [0.05, 0.1) is 11.6 Å². The Kier molecular flexibility index (Phi) is 4.21. The summed E-state index contributed by atoms with van der Waals surface area (Å²) in [7, 11) is 0. The minimum Gasteiger partial charge on any atom is -0.451 e. The number of rotatable bonds is 4. The molecule has 102 valence electrons. The smallest absolute Gasteiger partial charge is 0.287 e. The van der Waals surface area contributed by atoms with Crippen molar-refractivity contribution in [3.63, 3.8) is 0 Å². The molecule has 2 rings (SSSR count). The van der Waals surface area contributed by atoms with Gasteiger partial charge in [0, 0.05) is 11.6 Å². The second kappa shape index (κ2) is 6.07.